The first-order valence-electron chi connectivity index (χ1n) is 5.76. The maximum Gasteiger partial charge on any atom is 0.451 e. The standard InChI is InChI=1S/C10H15F3N6/c1-18-2-4-19(5-3-18)7-6-15-9(10(11,12)13)16-8(7)17-14/h6H,2-5,14H2,1H3,(H,15,16,17). The predicted octanol–water partition coefficient (Wildman–Crippen LogP) is 0.533. The van der Waals surface area contributed by atoms with Gasteiger partial charge in [0.05, 0.1) is 11.9 Å². The largest absolute Gasteiger partial charge is 0.451 e. The number of hydrazine groups is 1. The number of piperazine rings is 1. The summed E-state index contributed by atoms with van der Waals surface area (Å²) in [5.41, 5.74) is 2.70. The molecule has 1 fully saturated rings. The Kier molecular flexibility index (Phi) is 3.76. The third-order valence-corrected chi connectivity index (χ3v) is 3.00. The number of hydrogen-bond acceptors (Lipinski definition) is 6. The summed E-state index contributed by atoms with van der Waals surface area (Å²) in [6, 6.07) is 0. The highest BCUT2D eigenvalue weighted by atomic mass is 19.4. The van der Waals surface area contributed by atoms with E-state index in [4.69, 9.17) is 5.84 Å². The Morgan fingerprint density at radius 3 is 2.42 bits per heavy atom. The van der Waals surface area contributed by atoms with Crippen molar-refractivity contribution in [2.75, 3.05) is 43.6 Å². The van der Waals surface area contributed by atoms with Gasteiger partial charge in [-0.25, -0.2) is 15.8 Å². The molecular weight excluding hydrogens is 261 g/mol. The second kappa shape index (κ2) is 5.17. The van der Waals surface area contributed by atoms with Crippen LogP contribution in [0.1, 0.15) is 5.82 Å². The summed E-state index contributed by atoms with van der Waals surface area (Å²) < 4.78 is 37.5. The van der Waals surface area contributed by atoms with E-state index in [0.29, 0.717) is 18.8 Å². The molecule has 1 aromatic heterocycles. The lowest BCUT2D eigenvalue weighted by atomic mass is 10.3. The Balaban J connectivity index is 2.26. The van der Waals surface area contributed by atoms with Crippen LogP contribution in [0.4, 0.5) is 24.7 Å². The summed E-state index contributed by atoms with van der Waals surface area (Å²) in [7, 11) is 1.99. The minimum Gasteiger partial charge on any atom is -0.365 e. The van der Waals surface area contributed by atoms with Crippen molar-refractivity contribution in [1.29, 1.82) is 0 Å². The highest BCUT2D eigenvalue weighted by Crippen LogP contribution is 2.30. The van der Waals surface area contributed by atoms with Crippen LogP contribution in [-0.2, 0) is 6.18 Å². The molecule has 1 aliphatic rings. The molecule has 0 saturated carbocycles. The van der Waals surface area contributed by atoms with Gasteiger partial charge in [0.1, 0.15) is 0 Å². The molecule has 6 nitrogen and oxygen atoms in total. The first kappa shape index (κ1) is 13.8. The summed E-state index contributed by atoms with van der Waals surface area (Å²) in [4.78, 5) is 10.8. The zero-order valence-electron chi connectivity index (χ0n) is 10.4. The molecule has 9 heteroatoms. The molecule has 0 aromatic carbocycles. The molecule has 1 aromatic rings. The van der Waals surface area contributed by atoms with Crippen LogP contribution in [0.3, 0.4) is 0 Å². The van der Waals surface area contributed by atoms with Gasteiger partial charge in [0.2, 0.25) is 5.82 Å². The van der Waals surface area contributed by atoms with Gasteiger partial charge in [0.25, 0.3) is 0 Å². The summed E-state index contributed by atoms with van der Waals surface area (Å²) in [6.45, 7) is 3.04. The second-order valence-electron chi connectivity index (χ2n) is 4.36. The van der Waals surface area contributed by atoms with Crippen molar-refractivity contribution >= 4 is 11.5 Å². The zero-order chi connectivity index (χ0) is 14.0. The van der Waals surface area contributed by atoms with Crippen molar-refractivity contribution in [3.63, 3.8) is 0 Å². The minimum atomic E-state index is -4.58. The highest BCUT2D eigenvalue weighted by molar-refractivity contribution is 5.64. The molecule has 2 heterocycles. The lowest BCUT2D eigenvalue weighted by molar-refractivity contribution is -0.144. The lowest BCUT2D eigenvalue weighted by Crippen LogP contribution is -2.45. The van der Waals surface area contributed by atoms with E-state index in [-0.39, 0.29) is 5.82 Å². The molecule has 0 spiro atoms. The number of nitrogens with zero attached hydrogens (tertiary/aromatic N) is 4. The number of alkyl halides is 3. The summed E-state index contributed by atoms with van der Waals surface area (Å²) in [6.07, 6.45) is -3.41. The molecule has 1 saturated heterocycles. The Morgan fingerprint density at radius 2 is 1.89 bits per heavy atom. The molecule has 19 heavy (non-hydrogen) atoms. The third kappa shape index (κ3) is 3.04. The number of halogens is 3. The SMILES string of the molecule is CN1CCN(c2cnc(C(F)(F)F)nc2NN)CC1. The van der Waals surface area contributed by atoms with Gasteiger partial charge < -0.3 is 15.2 Å². The van der Waals surface area contributed by atoms with E-state index >= 15 is 0 Å². The molecule has 0 unspecified atom stereocenters. The van der Waals surface area contributed by atoms with E-state index in [1.807, 2.05) is 11.9 Å². The topological polar surface area (TPSA) is 70.3 Å². The first-order valence-corrected chi connectivity index (χ1v) is 5.76. The van der Waals surface area contributed by atoms with Crippen molar-refractivity contribution in [2.24, 2.45) is 5.84 Å². The molecule has 0 radical (unpaired) electrons. The molecule has 0 aliphatic carbocycles. The minimum absolute atomic E-state index is 0.00752. The number of aromatic nitrogens is 2. The molecule has 0 bridgehead atoms. The van der Waals surface area contributed by atoms with Gasteiger partial charge in [-0.15, -0.1) is 0 Å². The van der Waals surface area contributed by atoms with Gasteiger partial charge >= 0.3 is 6.18 Å². The van der Waals surface area contributed by atoms with Crippen LogP contribution in [0.5, 0.6) is 0 Å². The van der Waals surface area contributed by atoms with Crippen LogP contribution in [0.15, 0.2) is 6.20 Å². The van der Waals surface area contributed by atoms with Crippen LogP contribution in [0.25, 0.3) is 0 Å². The second-order valence-corrected chi connectivity index (χ2v) is 4.36. The van der Waals surface area contributed by atoms with E-state index in [2.05, 4.69) is 20.3 Å². The maximum atomic E-state index is 12.5. The van der Waals surface area contributed by atoms with Crippen LogP contribution in [-0.4, -0.2) is 48.1 Å². The van der Waals surface area contributed by atoms with E-state index in [9.17, 15) is 13.2 Å². The van der Waals surface area contributed by atoms with E-state index in [0.717, 1.165) is 19.3 Å². The summed E-state index contributed by atoms with van der Waals surface area (Å²) >= 11 is 0. The highest BCUT2D eigenvalue weighted by Gasteiger charge is 2.35. The summed E-state index contributed by atoms with van der Waals surface area (Å²) in [5, 5.41) is 0. The number of rotatable bonds is 2. The molecule has 0 atom stereocenters. The summed E-state index contributed by atoms with van der Waals surface area (Å²) in [5.74, 6) is 4.05. The number of nitrogen functional groups attached to an aromatic ring is 1. The number of hydrogen-bond donors (Lipinski definition) is 2. The maximum absolute atomic E-state index is 12.5. The predicted molar refractivity (Wildman–Crippen MR) is 64.6 cm³/mol. The fourth-order valence-corrected chi connectivity index (χ4v) is 1.90. The molecule has 106 valence electrons. The van der Waals surface area contributed by atoms with Gasteiger partial charge in [-0.3, -0.25) is 0 Å². The molecule has 2 rings (SSSR count). The fourth-order valence-electron chi connectivity index (χ4n) is 1.90. The Morgan fingerprint density at radius 1 is 1.26 bits per heavy atom. The van der Waals surface area contributed by atoms with Gasteiger partial charge in [-0.05, 0) is 7.05 Å². The third-order valence-electron chi connectivity index (χ3n) is 3.00. The van der Waals surface area contributed by atoms with Crippen molar-refractivity contribution in [1.82, 2.24) is 14.9 Å². The Hall–Kier alpha value is -1.61. The van der Waals surface area contributed by atoms with E-state index in [1.165, 1.54) is 0 Å². The van der Waals surface area contributed by atoms with Gasteiger partial charge in [0, 0.05) is 26.2 Å². The Labute approximate surface area is 108 Å². The first-order chi connectivity index (χ1) is 8.91. The van der Waals surface area contributed by atoms with Crippen molar-refractivity contribution in [2.45, 2.75) is 6.18 Å². The van der Waals surface area contributed by atoms with Gasteiger partial charge in [-0.1, -0.05) is 0 Å². The van der Waals surface area contributed by atoms with Crippen LogP contribution >= 0.6 is 0 Å². The lowest BCUT2D eigenvalue weighted by Gasteiger charge is -2.34. The van der Waals surface area contributed by atoms with Crippen molar-refractivity contribution < 1.29 is 13.2 Å². The Bertz CT molecular complexity index is 441. The number of anilines is 2. The number of likely N-dealkylation sites (N-methyl/N-ethyl adjacent to an activating group) is 1. The quantitative estimate of drug-likeness (QED) is 0.606. The van der Waals surface area contributed by atoms with Crippen molar-refractivity contribution in [3.05, 3.63) is 12.0 Å². The smallest absolute Gasteiger partial charge is 0.365 e. The molecule has 0 amide bonds. The molecule has 1 aliphatic heterocycles. The zero-order valence-corrected chi connectivity index (χ0v) is 10.4. The number of nitrogens with two attached hydrogens (primary N) is 1. The van der Waals surface area contributed by atoms with Crippen LogP contribution < -0.4 is 16.2 Å². The fraction of sp³-hybridized carbons (Fsp3) is 0.600. The van der Waals surface area contributed by atoms with Crippen LogP contribution in [0, 0.1) is 0 Å². The number of nitrogens with one attached hydrogen (secondary N) is 1. The van der Waals surface area contributed by atoms with Crippen molar-refractivity contribution in [3.8, 4) is 0 Å². The average Bonchev–Trinajstić information content (AvgIpc) is 2.38. The molecular formula is C10H15F3N6. The van der Waals surface area contributed by atoms with E-state index in [1.54, 1.807) is 0 Å². The van der Waals surface area contributed by atoms with Gasteiger partial charge in [0.15, 0.2) is 5.82 Å². The normalized spacial score (nSPS) is 17.6. The monoisotopic (exact) mass is 276 g/mol. The molecule has 3 N–H and O–H groups in total. The van der Waals surface area contributed by atoms with E-state index < -0.39 is 12.0 Å². The average molecular weight is 276 g/mol. The van der Waals surface area contributed by atoms with Gasteiger partial charge in [-0.2, -0.15) is 13.2 Å². The van der Waals surface area contributed by atoms with Crippen LogP contribution in [0.2, 0.25) is 0 Å².